The van der Waals surface area contributed by atoms with Crippen molar-refractivity contribution >= 4 is 43.4 Å². The molecule has 0 atom stereocenters. The molecule has 0 N–H and O–H groups in total. The van der Waals surface area contributed by atoms with E-state index in [0.29, 0.717) is 0 Å². The van der Waals surface area contributed by atoms with Crippen molar-refractivity contribution in [1.82, 2.24) is 9.55 Å². The zero-order valence-electron chi connectivity index (χ0n) is 24.6. The number of para-hydroxylation sites is 1. The summed E-state index contributed by atoms with van der Waals surface area (Å²) >= 11 is 0. The third-order valence-electron chi connectivity index (χ3n) is 9.63. The van der Waals surface area contributed by atoms with E-state index < -0.39 is 0 Å². The van der Waals surface area contributed by atoms with Gasteiger partial charge < -0.3 is 0 Å². The molecule has 0 unspecified atom stereocenters. The lowest BCUT2D eigenvalue weighted by Crippen LogP contribution is -2.20. The second-order valence-corrected chi connectivity index (χ2v) is 11.8. The molecule has 0 bridgehead atoms. The van der Waals surface area contributed by atoms with Crippen LogP contribution in [0, 0.1) is 13.8 Å². The number of aromatic nitrogens is 2. The van der Waals surface area contributed by atoms with E-state index >= 15 is 0 Å². The van der Waals surface area contributed by atoms with Gasteiger partial charge in [-0.2, -0.15) is 0 Å². The van der Waals surface area contributed by atoms with Gasteiger partial charge in [0.15, 0.2) is 0 Å². The van der Waals surface area contributed by atoms with Crippen LogP contribution in [0.5, 0.6) is 0 Å². The van der Waals surface area contributed by atoms with Gasteiger partial charge in [0, 0.05) is 10.8 Å². The maximum atomic E-state index is 5.26. The lowest BCUT2D eigenvalue weighted by atomic mass is 9.74. The van der Waals surface area contributed by atoms with Gasteiger partial charge in [0.05, 0.1) is 16.7 Å². The second kappa shape index (κ2) is 9.59. The summed E-state index contributed by atoms with van der Waals surface area (Å²) in [6.45, 7) is 11.5. The molecule has 0 aliphatic carbocycles. The van der Waals surface area contributed by atoms with Crippen LogP contribution >= 0.6 is 0 Å². The van der Waals surface area contributed by atoms with Crippen molar-refractivity contribution in [2.24, 2.45) is 0 Å². The van der Waals surface area contributed by atoms with Gasteiger partial charge in [-0.15, -0.1) is 0 Å². The van der Waals surface area contributed by atoms with Crippen molar-refractivity contribution in [3.63, 3.8) is 0 Å². The summed E-state index contributed by atoms with van der Waals surface area (Å²) < 4.78 is 2.34. The van der Waals surface area contributed by atoms with Gasteiger partial charge in [-0.3, -0.25) is 4.57 Å². The number of rotatable bonds is 5. The molecule has 1 aromatic heterocycles. The molecule has 0 saturated carbocycles. The van der Waals surface area contributed by atoms with E-state index in [4.69, 9.17) is 4.98 Å². The van der Waals surface area contributed by atoms with E-state index in [0.717, 1.165) is 18.4 Å². The highest BCUT2D eigenvalue weighted by Gasteiger charge is 2.29. The van der Waals surface area contributed by atoms with Crippen LogP contribution in [0.2, 0.25) is 0 Å². The van der Waals surface area contributed by atoms with E-state index in [1.165, 1.54) is 71.3 Å². The number of benzene rings is 6. The number of fused-ring (bicyclic) bond motifs is 7. The van der Waals surface area contributed by atoms with Gasteiger partial charge in [0.25, 0.3) is 0 Å². The Morgan fingerprint density at radius 2 is 1.27 bits per heavy atom. The molecule has 0 amide bonds. The van der Waals surface area contributed by atoms with Crippen LogP contribution in [0.1, 0.15) is 50.3 Å². The van der Waals surface area contributed by atoms with Gasteiger partial charge in [-0.25, -0.2) is 4.98 Å². The Labute approximate surface area is 242 Å². The van der Waals surface area contributed by atoms with Crippen LogP contribution < -0.4 is 0 Å². The van der Waals surface area contributed by atoms with Crippen LogP contribution in [0.25, 0.3) is 60.2 Å². The van der Waals surface area contributed by atoms with E-state index in [9.17, 15) is 0 Å². The fraction of sp³-hybridized carbons (Fsp3) is 0.205. The minimum atomic E-state index is 0.0350. The van der Waals surface area contributed by atoms with Crippen molar-refractivity contribution < 1.29 is 0 Å². The Kier molecular flexibility index (Phi) is 5.97. The molecule has 7 aromatic rings. The first kappa shape index (κ1) is 25.5. The first-order chi connectivity index (χ1) is 20.0. The number of hydrogen-bond acceptors (Lipinski definition) is 1. The molecule has 2 nitrogen and oxygen atoms in total. The van der Waals surface area contributed by atoms with Crippen molar-refractivity contribution in [3.8, 4) is 16.8 Å². The second-order valence-electron chi connectivity index (χ2n) is 11.8. The van der Waals surface area contributed by atoms with Crippen molar-refractivity contribution in [3.05, 3.63) is 120 Å². The van der Waals surface area contributed by atoms with Crippen LogP contribution in [0.4, 0.5) is 0 Å². The molecule has 1 heterocycles. The molecule has 0 fully saturated rings. The van der Waals surface area contributed by atoms with Gasteiger partial charge in [0.1, 0.15) is 6.33 Å². The van der Waals surface area contributed by atoms with Crippen molar-refractivity contribution in [2.75, 3.05) is 0 Å². The molecule has 0 saturated heterocycles. The van der Waals surface area contributed by atoms with Gasteiger partial charge in [-0.1, -0.05) is 118 Å². The summed E-state index contributed by atoms with van der Waals surface area (Å²) in [6, 6.07) is 35.7. The van der Waals surface area contributed by atoms with Gasteiger partial charge >= 0.3 is 0 Å². The molecule has 2 heteroatoms. The summed E-state index contributed by atoms with van der Waals surface area (Å²) in [6.07, 6.45) is 4.19. The smallest absolute Gasteiger partial charge is 0.100 e. The molecule has 0 aliphatic rings. The Hall–Kier alpha value is -4.43. The highest BCUT2D eigenvalue weighted by Crippen LogP contribution is 2.47. The fourth-order valence-corrected chi connectivity index (χ4v) is 7.00. The largest absolute Gasteiger partial charge is 0.298 e. The predicted molar refractivity (Wildman–Crippen MR) is 176 cm³/mol. The predicted octanol–water partition coefficient (Wildman–Crippen LogP) is 10.8. The summed E-state index contributed by atoms with van der Waals surface area (Å²) in [5, 5.41) is 7.66. The zero-order valence-corrected chi connectivity index (χ0v) is 24.6. The molecule has 6 aromatic carbocycles. The molecular weight excluding hydrogens is 496 g/mol. The van der Waals surface area contributed by atoms with Crippen LogP contribution in [0.3, 0.4) is 0 Å². The Morgan fingerprint density at radius 3 is 2.00 bits per heavy atom. The Balaban J connectivity index is 1.74. The van der Waals surface area contributed by atoms with Gasteiger partial charge in [0.2, 0.25) is 0 Å². The molecule has 7 rings (SSSR count). The molecule has 0 spiro atoms. The number of aryl methyl sites for hydroxylation is 2. The normalized spacial score (nSPS) is 12.2. The summed E-state index contributed by atoms with van der Waals surface area (Å²) in [7, 11) is 0. The van der Waals surface area contributed by atoms with E-state index in [1.54, 1.807) is 0 Å². The Bertz CT molecular complexity index is 2080. The topological polar surface area (TPSA) is 17.8 Å². The monoisotopic (exact) mass is 532 g/mol. The molecule has 202 valence electrons. The Morgan fingerprint density at radius 1 is 0.634 bits per heavy atom. The van der Waals surface area contributed by atoms with Crippen LogP contribution in [0.15, 0.2) is 103 Å². The quantitative estimate of drug-likeness (QED) is 0.202. The standard InChI is InChI=1S/C39H36N2/c1-6-39(5,7-2)33-23-22-31(29-21-13-17-27-16-8-9-18-28(27)29)34-30-19-10-11-20-32(30)38-36(35(33)34)40-24-41(38)37-25(3)14-12-15-26(37)4/h8-24H,6-7H2,1-5H3. The zero-order chi connectivity index (χ0) is 28.3. The number of nitrogens with zero attached hydrogens (tertiary/aromatic N) is 2. The third kappa shape index (κ3) is 3.74. The third-order valence-corrected chi connectivity index (χ3v) is 9.63. The maximum absolute atomic E-state index is 5.26. The fourth-order valence-electron chi connectivity index (χ4n) is 7.00. The summed E-state index contributed by atoms with van der Waals surface area (Å²) in [5.41, 5.74) is 9.98. The minimum absolute atomic E-state index is 0.0350. The average Bonchev–Trinajstić information content (AvgIpc) is 3.45. The minimum Gasteiger partial charge on any atom is -0.298 e. The highest BCUT2D eigenvalue weighted by atomic mass is 15.1. The average molecular weight is 533 g/mol. The van der Waals surface area contributed by atoms with Crippen molar-refractivity contribution in [2.45, 2.75) is 52.9 Å². The maximum Gasteiger partial charge on any atom is 0.100 e. The number of imidazole rings is 1. The van der Waals surface area contributed by atoms with Gasteiger partial charge in [-0.05, 0) is 81.5 Å². The number of hydrogen-bond donors (Lipinski definition) is 0. The first-order valence-electron chi connectivity index (χ1n) is 14.9. The SMILES string of the molecule is CCC(C)(CC)c1ccc(-c2cccc3ccccc23)c2c3ccccc3c3c(ncn3-c3c(C)cccc3C)c12. The molecule has 0 aliphatic heterocycles. The molecule has 41 heavy (non-hydrogen) atoms. The molecule has 0 radical (unpaired) electrons. The summed E-state index contributed by atoms with van der Waals surface area (Å²) in [5.74, 6) is 0. The van der Waals surface area contributed by atoms with Crippen LogP contribution in [-0.4, -0.2) is 9.55 Å². The van der Waals surface area contributed by atoms with E-state index in [1.807, 2.05) is 0 Å². The lowest BCUT2D eigenvalue weighted by Gasteiger charge is -2.30. The van der Waals surface area contributed by atoms with E-state index in [-0.39, 0.29) is 5.41 Å². The molecular formula is C39H36N2. The van der Waals surface area contributed by atoms with E-state index in [2.05, 4.69) is 143 Å². The lowest BCUT2D eigenvalue weighted by molar-refractivity contribution is 0.443. The van der Waals surface area contributed by atoms with Crippen LogP contribution in [-0.2, 0) is 5.41 Å². The summed E-state index contributed by atoms with van der Waals surface area (Å²) in [4.78, 5) is 5.26. The first-order valence-corrected chi connectivity index (χ1v) is 14.9. The van der Waals surface area contributed by atoms with Crippen molar-refractivity contribution in [1.29, 1.82) is 0 Å². The highest BCUT2D eigenvalue weighted by molar-refractivity contribution is 6.28.